The van der Waals surface area contributed by atoms with Crippen LogP contribution in [0.3, 0.4) is 0 Å². The molecular weight excluding hydrogens is 288 g/mol. The number of aliphatic hydroxyl groups excluding tert-OH is 1. The zero-order valence-corrected chi connectivity index (χ0v) is 12.0. The average molecular weight is 303 g/mol. The van der Waals surface area contributed by atoms with Crippen LogP contribution in [0.5, 0.6) is 0 Å². The van der Waals surface area contributed by atoms with Crippen LogP contribution in [0.15, 0.2) is 23.1 Å². The van der Waals surface area contributed by atoms with Crippen LogP contribution < -0.4 is 4.72 Å². The molecule has 0 radical (unpaired) electrons. The summed E-state index contributed by atoms with van der Waals surface area (Å²) in [5.41, 5.74) is 0.0485. The molecule has 0 bridgehead atoms. The summed E-state index contributed by atoms with van der Waals surface area (Å²) in [6.45, 7) is 1.84. The highest BCUT2D eigenvalue weighted by Crippen LogP contribution is 2.20. The van der Waals surface area contributed by atoms with Gasteiger partial charge in [-0.3, -0.25) is 0 Å². The first-order valence-electron chi connectivity index (χ1n) is 5.74. The lowest BCUT2D eigenvalue weighted by Gasteiger charge is -2.09. The lowest BCUT2D eigenvalue weighted by atomic mass is 10.2. The number of hydrogen-bond acceptors (Lipinski definition) is 4. The van der Waals surface area contributed by atoms with E-state index in [2.05, 4.69) is 4.72 Å². The standard InChI is InChI=1S/C12H15ClN2O3S/c1-9(16)3-2-6-15-19(17,18)12-7-11(13)5-4-10(12)8-14/h4-5,7,9,15-16H,2-3,6H2,1H3. The lowest BCUT2D eigenvalue weighted by molar-refractivity contribution is 0.182. The Bertz CT molecular complexity index is 579. The number of halogens is 1. The summed E-state index contributed by atoms with van der Waals surface area (Å²) in [7, 11) is -3.76. The second-order valence-corrected chi connectivity index (χ2v) is 6.31. The number of hydrogen-bond donors (Lipinski definition) is 2. The molecule has 1 aromatic rings. The third-order valence-electron chi connectivity index (χ3n) is 2.44. The SMILES string of the molecule is CC(O)CCCNS(=O)(=O)c1cc(Cl)ccc1C#N. The van der Waals surface area contributed by atoms with Gasteiger partial charge in [0.1, 0.15) is 11.0 Å². The van der Waals surface area contributed by atoms with Crippen molar-refractivity contribution in [1.29, 1.82) is 5.26 Å². The van der Waals surface area contributed by atoms with Gasteiger partial charge < -0.3 is 5.11 Å². The molecule has 0 amide bonds. The summed E-state index contributed by atoms with van der Waals surface area (Å²) in [6, 6.07) is 5.90. The predicted octanol–water partition coefficient (Wildman–Crippen LogP) is 1.65. The monoisotopic (exact) mass is 302 g/mol. The molecule has 5 nitrogen and oxygen atoms in total. The first-order chi connectivity index (χ1) is 8.86. The average Bonchev–Trinajstić information content (AvgIpc) is 2.34. The van der Waals surface area contributed by atoms with Crippen molar-refractivity contribution < 1.29 is 13.5 Å². The van der Waals surface area contributed by atoms with Crippen molar-refractivity contribution in [1.82, 2.24) is 4.72 Å². The van der Waals surface area contributed by atoms with Crippen LogP contribution in [0.4, 0.5) is 0 Å². The first kappa shape index (κ1) is 15.9. The van der Waals surface area contributed by atoms with Crippen LogP contribution in [-0.2, 0) is 10.0 Å². The summed E-state index contributed by atoms with van der Waals surface area (Å²) in [5, 5.41) is 18.2. The molecule has 0 aliphatic heterocycles. The van der Waals surface area contributed by atoms with Gasteiger partial charge in [-0.2, -0.15) is 5.26 Å². The van der Waals surface area contributed by atoms with Crippen LogP contribution in [-0.4, -0.2) is 26.2 Å². The van der Waals surface area contributed by atoms with Crippen LogP contribution in [0.1, 0.15) is 25.3 Å². The van der Waals surface area contributed by atoms with Crippen molar-refractivity contribution in [2.24, 2.45) is 0 Å². The molecule has 1 atom stereocenters. The molecule has 0 aromatic heterocycles. The Hall–Kier alpha value is -1.13. The van der Waals surface area contributed by atoms with Crippen molar-refractivity contribution >= 4 is 21.6 Å². The normalized spacial score (nSPS) is 12.9. The van der Waals surface area contributed by atoms with Gasteiger partial charge in [0.2, 0.25) is 10.0 Å². The van der Waals surface area contributed by atoms with Gasteiger partial charge >= 0.3 is 0 Å². The minimum Gasteiger partial charge on any atom is -0.393 e. The maximum atomic E-state index is 12.0. The third-order valence-corrected chi connectivity index (χ3v) is 4.18. The van der Waals surface area contributed by atoms with Gasteiger partial charge in [0.25, 0.3) is 0 Å². The zero-order valence-electron chi connectivity index (χ0n) is 10.4. The van der Waals surface area contributed by atoms with Crippen LogP contribution in [0.25, 0.3) is 0 Å². The van der Waals surface area contributed by atoms with E-state index in [0.29, 0.717) is 12.8 Å². The molecule has 0 spiro atoms. The number of sulfonamides is 1. The van der Waals surface area contributed by atoms with Crippen molar-refractivity contribution in [3.63, 3.8) is 0 Å². The Morgan fingerprint density at radius 1 is 1.53 bits per heavy atom. The van der Waals surface area contributed by atoms with Gasteiger partial charge in [0.15, 0.2) is 0 Å². The molecule has 2 N–H and O–H groups in total. The van der Waals surface area contributed by atoms with Gasteiger partial charge in [0.05, 0.1) is 11.7 Å². The Balaban J connectivity index is 2.83. The number of aliphatic hydroxyl groups is 1. The molecule has 7 heteroatoms. The fourth-order valence-electron chi connectivity index (χ4n) is 1.49. The van der Waals surface area contributed by atoms with E-state index in [1.54, 1.807) is 6.92 Å². The van der Waals surface area contributed by atoms with Gasteiger partial charge in [-0.05, 0) is 38.0 Å². The maximum absolute atomic E-state index is 12.0. The smallest absolute Gasteiger partial charge is 0.241 e. The largest absolute Gasteiger partial charge is 0.393 e. The number of nitrogens with zero attached hydrogens (tertiary/aromatic N) is 1. The number of nitriles is 1. The van der Waals surface area contributed by atoms with Crippen molar-refractivity contribution in [3.05, 3.63) is 28.8 Å². The van der Waals surface area contributed by atoms with Crippen molar-refractivity contribution in [3.8, 4) is 6.07 Å². The summed E-state index contributed by atoms with van der Waals surface area (Å²) in [4.78, 5) is -0.125. The molecule has 1 rings (SSSR count). The Labute approximate surface area is 117 Å². The van der Waals surface area contributed by atoms with Gasteiger partial charge in [-0.15, -0.1) is 0 Å². The Morgan fingerprint density at radius 3 is 2.79 bits per heavy atom. The molecular formula is C12H15ClN2O3S. The molecule has 19 heavy (non-hydrogen) atoms. The van der Waals surface area contributed by atoms with E-state index < -0.39 is 16.1 Å². The van der Waals surface area contributed by atoms with Crippen LogP contribution in [0.2, 0.25) is 5.02 Å². The molecule has 0 fully saturated rings. The summed E-state index contributed by atoms with van der Waals surface area (Å²) in [6.07, 6.45) is 0.549. The highest BCUT2D eigenvalue weighted by Gasteiger charge is 2.18. The van der Waals surface area contributed by atoms with E-state index in [1.165, 1.54) is 18.2 Å². The van der Waals surface area contributed by atoms with E-state index in [-0.39, 0.29) is 22.0 Å². The van der Waals surface area contributed by atoms with E-state index in [4.69, 9.17) is 22.0 Å². The van der Waals surface area contributed by atoms with E-state index in [0.717, 1.165) is 0 Å². The highest BCUT2D eigenvalue weighted by atomic mass is 35.5. The quantitative estimate of drug-likeness (QED) is 0.782. The van der Waals surface area contributed by atoms with E-state index in [9.17, 15) is 8.42 Å². The molecule has 1 aromatic carbocycles. The third kappa shape index (κ3) is 4.80. The van der Waals surface area contributed by atoms with E-state index >= 15 is 0 Å². The molecule has 0 saturated heterocycles. The number of nitrogens with one attached hydrogen (secondary N) is 1. The van der Waals surface area contributed by atoms with Crippen molar-refractivity contribution in [2.75, 3.05) is 6.54 Å². The summed E-state index contributed by atoms with van der Waals surface area (Å²) >= 11 is 5.75. The van der Waals surface area contributed by atoms with Crippen LogP contribution >= 0.6 is 11.6 Å². The molecule has 0 saturated carbocycles. The van der Waals surface area contributed by atoms with E-state index in [1.807, 2.05) is 6.07 Å². The number of benzene rings is 1. The predicted molar refractivity (Wildman–Crippen MR) is 72.3 cm³/mol. The van der Waals surface area contributed by atoms with Crippen LogP contribution in [0, 0.1) is 11.3 Å². The summed E-state index contributed by atoms with van der Waals surface area (Å²) in [5.74, 6) is 0. The first-order valence-corrected chi connectivity index (χ1v) is 7.60. The second kappa shape index (κ2) is 6.87. The molecule has 104 valence electrons. The molecule has 0 heterocycles. The van der Waals surface area contributed by atoms with Gasteiger partial charge in [0, 0.05) is 11.6 Å². The lowest BCUT2D eigenvalue weighted by Crippen LogP contribution is -2.26. The highest BCUT2D eigenvalue weighted by molar-refractivity contribution is 7.89. The van der Waals surface area contributed by atoms with Gasteiger partial charge in [-0.1, -0.05) is 11.6 Å². The van der Waals surface area contributed by atoms with Gasteiger partial charge in [-0.25, -0.2) is 13.1 Å². The fraction of sp³-hybridized carbons (Fsp3) is 0.417. The Morgan fingerprint density at radius 2 is 2.21 bits per heavy atom. The fourth-order valence-corrected chi connectivity index (χ4v) is 2.98. The molecule has 0 aliphatic carbocycles. The summed E-state index contributed by atoms with van der Waals surface area (Å²) < 4.78 is 26.4. The maximum Gasteiger partial charge on any atom is 0.241 e. The minimum atomic E-state index is -3.76. The zero-order chi connectivity index (χ0) is 14.5. The Kier molecular flexibility index (Phi) is 5.76. The molecule has 1 unspecified atom stereocenters. The topological polar surface area (TPSA) is 90.2 Å². The second-order valence-electron chi connectivity index (χ2n) is 4.14. The van der Waals surface area contributed by atoms with Crippen molar-refractivity contribution in [2.45, 2.75) is 30.8 Å². The number of rotatable bonds is 6. The molecule has 0 aliphatic rings. The minimum absolute atomic E-state index is 0.0485.